The van der Waals surface area contributed by atoms with Gasteiger partial charge < -0.3 is 15.2 Å². The van der Waals surface area contributed by atoms with Crippen molar-refractivity contribution in [2.24, 2.45) is 5.92 Å². The van der Waals surface area contributed by atoms with Gasteiger partial charge in [-0.05, 0) is 49.6 Å². The maximum absolute atomic E-state index is 12.9. The number of hydrogen-bond donors (Lipinski definition) is 2. The SMILES string of the molecule is Cc1cc(NC(=O)C(C)C)cc(Cl)c1Oc1ccc(O)c(S(=O)(=O)C2CCCC2)c1. The lowest BCUT2D eigenvalue weighted by Crippen LogP contribution is -2.18. The highest BCUT2D eigenvalue weighted by Crippen LogP contribution is 2.39. The van der Waals surface area contributed by atoms with Gasteiger partial charge in [0.25, 0.3) is 0 Å². The summed E-state index contributed by atoms with van der Waals surface area (Å²) in [6, 6.07) is 7.47. The van der Waals surface area contributed by atoms with E-state index in [1.54, 1.807) is 32.9 Å². The van der Waals surface area contributed by atoms with Gasteiger partial charge in [0.05, 0.1) is 10.3 Å². The summed E-state index contributed by atoms with van der Waals surface area (Å²) in [5.41, 5.74) is 1.23. The van der Waals surface area contributed by atoms with Gasteiger partial charge in [0.15, 0.2) is 9.84 Å². The topological polar surface area (TPSA) is 92.7 Å². The van der Waals surface area contributed by atoms with Crippen molar-refractivity contribution in [2.45, 2.75) is 56.6 Å². The largest absolute Gasteiger partial charge is 0.507 e. The van der Waals surface area contributed by atoms with Crippen LogP contribution in [-0.4, -0.2) is 24.7 Å². The Bertz CT molecular complexity index is 1040. The molecule has 2 aromatic rings. The average molecular weight is 452 g/mol. The zero-order valence-corrected chi connectivity index (χ0v) is 18.8. The molecule has 0 aromatic heterocycles. The molecule has 0 bridgehead atoms. The van der Waals surface area contributed by atoms with E-state index in [0.717, 1.165) is 12.8 Å². The van der Waals surface area contributed by atoms with E-state index in [1.165, 1.54) is 18.2 Å². The zero-order chi connectivity index (χ0) is 22.1. The second kappa shape index (κ2) is 8.86. The molecule has 6 nitrogen and oxygen atoms in total. The highest BCUT2D eigenvalue weighted by Gasteiger charge is 2.32. The van der Waals surface area contributed by atoms with Crippen LogP contribution in [0.25, 0.3) is 0 Å². The van der Waals surface area contributed by atoms with Crippen molar-refractivity contribution in [1.29, 1.82) is 0 Å². The fourth-order valence-corrected chi connectivity index (χ4v) is 5.76. The van der Waals surface area contributed by atoms with E-state index < -0.39 is 15.1 Å². The summed E-state index contributed by atoms with van der Waals surface area (Å²) >= 11 is 6.37. The molecule has 0 unspecified atom stereocenters. The number of aromatic hydroxyl groups is 1. The fraction of sp³-hybridized carbons (Fsp3) is 0.409. The average Bonchev–Trinajstić information content (AvgIpc) is 3.21. The molecule has 0 saturated heterocycles. The summed E-state index contributed by atoms with van der Waals surface area (Å²) < 4.78 is 31.7. The standard InChI is InChI=1S/C22H26ClNO5S/c1-13(2)22(26)24-15-10-14(3)21(18(23)11-15)29-16-8-9-19(25)20(12-16)30(27,28)17-6-4-5-7-17/h8-13,17,25H,4-7H2,1-3H3,(H,24,26). The van der Waals surface area contributed by atoms with Crippen LogP contribution < -0.4 is 10.1 Å². The quantitative estimate of drug-likeness (QED) is 0.608. The van der Waals surface area contributed by atoms with Crippen molar-refractivity contribution in [2.75, 3.05) is 5.32 Å². The summed E-state index contributed by atoms with van der Waals surface area (Å²) in [6.07, 6.45) is 2.94. The number of carbonyl (C=O) groups excluding carboxylic acids is 1. The first kappa shape index (κ1) is 22.4. The third-order valence-corrected chi connectivity index (χ3v) is 7.79. The molecule has 30 heavy (non-hydrogen) atoms. The molecule has 1 saturated carbocycles. The second-order valence-corrected chi connectivity index (χ2v) is 10.5. The number of nitrogens with one attached hydrogen (secondary N) is 1. The Morgan fingerprint density at radius 3 is 2.47 bits per heavy atom. The minimum absolute atomic E-state index is 0.124. The molecule has 0 heterocycles. The Hall–Kier alpha value is -2.25. The maximum atomic E-state index is 12.9. The van der Waals surface area contributed by atoms with Gasteiger partial charge >= 0.3 is 0 Å². The predicted molar refractivity (Wildman–Crippen MR) is 117 cm³/mol. The molecular formula is C22H26ClNO5S. The predicted octanol–water partition coefficient (Wildman–Crippen LogP) is 5.46. The number of ether oxygens (including phenoxy) is 1. The normalized spacial score (nSPS) is 14.8. The first-order chi connectivity index (χ1) is 14.1. The number of rotatable bonds is 6. The lowest BCUT2D eigenvalue weighted by molar-refractivity contribution is -0.118. The van der Waals surface area contributed by atoms with Crippen molar-refractivity contribution in [1.82, 2.24) is 0 Å². The molecule has 2 aromatic carbocycles. The smallest absolute Gasteiger partial charge is 0.226 e. The van der Waals surface area contributed by atoms with E-state index in [-0.39, 0.29) is 33.2 Å². The minimum atomic E-state index is -3.64. The van der Waals surface area contributed by atoms with Crippen LogP contribution >= 0.6 is 11.6 Å². The molecule has 162 valence electrons. The van der Waals surface area contributed by atoms with E-state index in [1.807, 2.05) is 0 Å². The monoisotopic (exact) mass is 451 g/mol. The Kier molecular flexibility index (Phi) is 6.62. The Morgan fingerprint density at radius 2 is 1.87 bits per heavy atom. The van der Waals surface area contributed by atoms with Crippen molar-refractivity contribution in [3.8, 4) is 17.2 Å². The summed E-state index contributed by atoms with van der Waals surface area (Å²) in [4.78, 5) is 11.8. The maximum Gasteiger partial charge on any atom is 0.226 e. The zero-order valence-electron chi connectivity index (χ0n) is 17.2. The number of aryl methyl sites for hydroxylation is 1. The number of sulfone groups is 1. The van der Waals surface area contributed by atoms with E-state index in [4.69, 9.17) is 16.3 Å². The Morgan fingerprint density at radius 1 is 1.20 bits per heavy atom. The van der Waals surface area contributed by atoms with Gasteiger partial charge in [0.1, 0.15) is 22.1 Å². The van der Waals surface area contributed by atoms with Gasteiger partial charge in [-0.3, -0.25) is 4.79 Å². The van der Waals surface area contributed by atoms with Crippen LogP contribution in [0.4, 0.5) is 5.69 Å². The first-order valence-corrected chi connectivity index (χ1v) is 11.9. The number of amides is 1. The summed E-state index contributed by atoms with van der Waals surface area (Å²) in [5.74, 6) is 0.0305. The minimum Gasteiger partial charge on any atom is -0.507 e. The number of anilines is 1. The summed E-state index contributed by atoms with van der Waals surface area (Å²) in [7, 11) is -3.64. The molecule has 1 aliphatic carbocycles. The van der Waals surface area contributed by atoms with Crippen LogP contribution in [0.2, 0.25) is 5.02 Å². The molecule has 1 fully saturated rings. The van der Waals surface area contributed by atoms with E-state index in [9.17, 15) is 18.3 Å². The van der Waals surface area contributed by atoms with Crippen molar-refractivity contribution in [3.05, 3.63) is 40.9 Å². The second-order valence-electron chi connectivity index (χ2n) is 7.93. The van der Waals surface area contributed by atoms with Gasteiger partial charge in [-0.1, -0.05) is 38.3 Å². The fourth-order valence-electron chi connectivity index (χ4n) is 3.50. The van der Waals surface area contributed by atoms with Gasteiger partial charge in [-0.25, -0.2) is 8.42 Å². The van der Waals surface area contributed by atoms with E-state index >= 15 is 0 Å². The van der Waals surface area contributed by atoms with Gasteiger partial charge in [0, 0.05) is 17.7 Å². The summed E-state index contributed by atoms with van der Waals surface area (Å²) in [6.45, 7) is 5.37. The number of carbonyl (C=O) groups is 1. The highest BCUT2D eigenvalue weighted by atomic mass is 35.5. The molecule has 8 heteroatoms. The van der Waals surface area contributed by atoms with Crippen LogP contribution in [0, 0.1) is 12.8 Å². The lowest BCUT2D eigenvalue weighted by atomic mass is 10.1. The van der Waals surface area contributed by atoms with E-state index in [2.05, 4.69) is 5.32 Å². The highest BCUT2D eigenvalue weighted by molar-refractivity contribution is 7.92. The van der Waals surface area contributed by atoms with Crippen LogP contribution in [0.3, 0.4) is 0 Å². The third-order valence-electron chi connectivity index (χ3n) is 5.22. The number of phenols is 1. The lowest BCUT2D eigenvalue weighted by Gasteiger charge is -2.16. The van der Waals surface area contributed by atoms with Crippen LogP contribution in [-0.2, 0) is 14.6 Å². The van der Waals surface area contributed by atoms with Crippen LogP contribution in [0.5, 0.6) is 17.2 Å². The number of benzene rings is 2. The molecule has 0 radical (unpaired) electrons. The molecule has 1 amide bonds. The molecule has 2 N–H and O–H groups in total. The Labute approximate surface area is 182 Å². The number of phenolic OH excluding ortho intramolecular Hbond substituents is 1. The third kappa shape index (κ3) is 4.73. The molecule has 3 rings (SSSR count). The van der Waals surface area contributed by atoms with Crippen molar-refractivity contribution >= 4 is 33.0 Å². The number of halogens is 1. The number of hydrogen-bond acceptors (Lipinski definition) is 5. The molecular weight excluding hydrogens is 426 g/mol. The van der Waals surface area contributed by atoms with Crippen LogP contribution in [0.15, 0.2) is 35.2 Å². The first-order valence-electron chi connectivity index (χ1n) is 9.95. The molecule has 0 atom stereocenters. The van der Waals surface area contributed by atoms with Crippen molar-refractivity contribution in [3.63, 3.8) is 0 Å². The Balaban J connectivity index is 1.89. The van der Waals surface area contributed by atoms with Crippen LogP contribution in [0.1, 0.15) is 45.1 Å². The summed E-state index contributed by atoms with van der Waals surface area (Å²) in [5, 5.41) is 12.8. The van der Waals surface area contributed by atoms with Crippen molar-refractivity contribution < 1.29 is 23.1 Å². The molecule has 0 aliphatic heterocycles. The van der Waals surface area contributed by atoms with E-state index in [0.29, 0.717) is 29.8 Å². The van der Waals surface area contributed by atoms with Gasteiger partial charge in [-0.2, -0.15) is 0 Å². The molecule has 0 spiro atoms. The van der Waals surface area contributed by atoms with Gasteiger partial charge in [0.2, 0.25) is 5.91 Å². The van der Waals surface area contributed by atoms with Gasteiger partial charge in [-0.15, -0.1) is 0 Å². The molecule has 1 aliphatic rings.